The molecule has 2 aromatic carbocycles. The van der Waals surface area contributed by atoms with E-state index < -0.39 is 0 Å². The van der Waals surface area contributed by atoms with Gasteiger partial charge in [-0.3, -0.25) is 9.59 Å². The summed E-state index contributed by atoms with van der Waals surface area (Å²) in [5.74, 6) is -0.529. The van der Waals surface area contributed by atoms with E-state index in [1.54, 1.807) is 18.2 Å². The number of nitrogens with one attached hydrogen (secondary N) is 2. The van der Waals surface area contributed by atoms with Crippen LogP contribution in [0.25, 0.3) is 0 Å². The molecule has 6 heteroatoms. The summed E-state index contributed by atoms with van der Waals surface area (Å²) in [5, 5.41) is 16.1. The van der Waals surface area contributed by atoms with E-state index in [1.165, 1.54) is 12.3 Å². The van der Waals surface area contributed by atoms with Crippen LogP contribution < -0.4 is 10.7 Å². The molecule has 0 radical (unpaired) electrons. The van der Waals surface area contributed by atoms with Gasteiger partial charge < -0.3 is 10.4 Å². The number of phenols is 1. The summed E-state index contributed by atoms with van der Waals surface area (Å²) in [6.07, 6.45) is 1.43. The second kappa shape index (κ2) is 8.47. The first-order valence-corrected chi connectivity index (χ1v) is 7.51. The van der Waals surface area contributed by atoms with Crippen molar-refractivity contribution in [2.75, 3.05) is 5.32 Å². The molecule has 0 spiro atoms. The van der Waals surface area contributed by atoms with E-state index in [-0.39, 0.29) is 30.4 Å². The number of nitrogens with zero attached hydrogens (tertiary/aromatic N) is 1. The number of aryl methyl sites for hydroxylation is 1. The van der Waals surface area contributed by atoms with Crippen molar-refractivity contribution in [1.29, 1.82) is 0 Å². The van der Waals surface area contributed by atoms with E-state index in [0.29, 0.717) is 5.56 Å². The lowest BCUT2D eigenvalue weighted by atomic mass is 10.2. The smallest absolute Gasteiger partial charge is 0.240 e. The maximum absolute atomic E-state index is 11.8. The number of hydrazone groups is 1. The quantitative estimate of drug-likeness (QED) is 0.563. The number of hydrogen-bond donors (Lipinski definition) is 3. The Morgan fingerprint density at radius 3 is 2.46 bits per heavy atom. The number of amides is 2. The Morgan fingerprint density at radius 2 is 1.71 bits per heavy atom. The molecule has 0 aromatic heterocycles. The molecule has 2 rings (SSSR count). The number of phenolic OH excluding ortho intramolecular Hbond substituents is 1. The molecular weight excluding hydrogens is 306 g/mol. The zero-order valence-corrected chi connectivity index (χ0v) is 13.3. The fourth-order valence-corrected chi connectivity index (χ4v) is 1.98. The van der Waals surface area contributed by atoms with Gasteiger partial charge in [-0.1, -0.05) is 30.3 Å². The van der Waals surface area contributed by atoms with Gasteiger partial charge in [0.15, 0.2) is 0 Å². The minimum Gasteiger partial charge on any atom is -0.507 e. The van der Waals surface area contributed by atoms with E-state index in [9.17, 15) is 14.7 Å². The number of carbonyl (C=O) groups is 2. The van der Waals surface area contributed by atoms with E-state index in [0.717, 1.165) is 11.3 Å². The van der Waals surface area contributed by atoms with Crippen LogP contribution in [0.1, 0.15) is 24.0 Å². The van der Waals surface area contributed by atoms with Crippen LogP contribution in [0.5, 0.6) is 5.75 Å². The first-order chi connectivity index (χ1) is 11.6. The highest BCUT2D eigenvalue weighted by atomic mass is 16.3. The average Bonchev–Trinajstić information content (AvgIpc) is 2.57. The highest BCUT2D eigenvalue weighted by Gasteiger charge is 2.07. The predicted octanol–water partition coefficient (Wildman–Crippen LogP) is 2.57. The molecule has 2 amide bonds. The van der Waals surface area contributed by atoms with Crippen LogP contribution in [0.3, 0.4) is 0 Å². The van der Waals surface area contributed by atoms with Gasteiger partial charge in [0, 0.05) is 24.1 Å². The summed E-state index contributed by atoms with van der Waals surface area (Å²) in [7, 11) is 0. The lowest BCUT2D eigenvalue weighted by Crippen LogP contribution is -2.20. The van der Waals surface area contributed by atoms with Gasteiger partial charge in [-0.25, -0.2) is 5.43 Å². The van der Waals surface area contributed by atoms with Gasteiger partial charge in [0.25, 0.3) is 0 Å². The number of aromatic hydroxyl groups is 1. The third-order valence-corrected chi connectivity index (χ3v) is 3.33. The molecule has 0 aliphatic rings. The molecule has 0 atom stereocenters. The van der Waals surface area contributed by atoms with Crippen LogP contribution in [0.4, 0.5) is 5.69 Å². The number of hydrogen-bond acceptors (Lipinski definition) is 4. The molecule has 0 fully saturated rings. The molecule has 6 nitrogen and oxygen atoms in total. The second-order valence-corrected chi connectivity index (χ2v) is 5.22. The fourth-order valence-electron chi connectivity index (χ4n) is 1.98. The maximum Gasteiger partial charge on any atom is 0.240 e. The molecule has 2 aromatic rings. The van der Waals surface area contributed by atoms with E-state index >= 15 is 0 Å². The van der Waals surface area contributed by atoms with Crippen LogP contribution in [0, 0.1) is 6.92 Å². The Kier molecular flexibility index (Phi) is 6.08. The van der Waals surface area contributed by atoms with Crippen molar-refractivity contribution in [3.63, 3.8) is 0 Å². The van der Waals surface area contributed by atoms with Gasteiger partial charge in [-0.2, -0.15) is 5.10 Å². The van der Waals surface area contributed by atoms with Gasteiger partial charge in [-0.15, -0.1) is 0 Å². The first-order valence-electron chi connectivity index (χ1n) is 7.51. The molecule has 0 unspecified atom stereocenters. The van der Waals surface area contributed by atoms with E-state index in [1.807, 2.05) is 31.2 Å². The predicted molar refractivity (Wildman–Crippen MR) is 92.9 cm³/mol. The Hall–Kier alpha value is -3.15. The molecule has 0 heterocycles. The largest absolute Gasteiger partial charge is 0.507 e. The Labute approximate surface area is 140 Å². The lowest BCUT2D eigenvalue weighted by Gasteiger charge is -2.07. The van der Waals surface area contributed by atoms with Crippen LogP contribution in [0.15, 0.2) is 53.6 Å². The lowest BCUT2D eigenvalue weighted by molar-refractivity contribution is -0.124. The molecule has 0 bridgehead atoms. The van der Waals surface area contributed by atoms with Crippen molar-refractivity contribution < 1.29 is 14.7 Å². The summed E-state index contributed by atoms with van der Waals surface area (Å²) in [6.45, 7) is 1.90. The summed E-state index contributed by atoms with van der Waals surface area (Å²) in [5.41, 5.74) is 4.52. The molecule has 0 saturated heterocycles. The standard InChI is InChI=1S/C18H19N3O3/c1-13-6-2-4-8-15(13)20-17(23)10-11-18(24)21-19-12-14-7-3-5-9-16(14)22/h2-9,12,22H,10-11H2,1H3,(H,20,23)(H,21,24)/b19-12+. The highest BCUT2D eigenvalue weighted by molar-refractivity contribution is 5.94. The zero-order valence-electron chi connectivity index (χ0n) is 13.3. The van der Waals surface area contributed by atoms with Crippen molar-refractivity contribution in [2.45, 2.75) is 19.8 Å². The number of carbonyl (C=O) groups excluding carboxylic acids is 2. The third-order valence-electron chi connectivity index (χ3n) is 3.33. The average molecular weight is 325 g/mol. The number of rotatable bonds is 6. The van der Waals surface area contributed by atoms with Crippen molar-refractivity contribution >= 4 is 23.7 Å². The molecule has 0 aliphatic carbocycles. The monoisotopic (exact) mass is 325 g/mol. The number of para-hydroxylation sites is 2. The van der Waals surface area contributed by atoms with Crippen molar-refractivity contribution in [3.05, 3.63) is 59.7 Å². The Balaban J connectivity index is 1.76. The van der Waals surface area contributed by atoms with Crippen LogP contribution in [0.2, 0.25) is 0 Å². The summed E-state index contributed by atoms with van der Waals surface area (Å²) >= 11 is 0. The molecule has 3 N–H and O–H groups in total. The summed E-state index contributed by atoms with van der Waals surface area (Å²) in [4.78, 5) is 23.5. The maximum atomic E-state index is 11.8. The Bertz CT molecular complexity index is 757. The van der Waals surface area contributed by atoms with Gasteiger partial charge in [0.1, 0.15) is 5.75 Å². The van der Waals surface area contributed by atoms with Gasteiger partial charge in [0.2, 0.25) is 11.8 Å². The first kappa shape index (κ1) is 17.2. The SMILES string of the molecule is Cc1ccccc1NC(=O)CCC(=O)N/N=C/c1ccccc1O. The molecule has 24 heavy (non-hydrogen) atoms. The topological polar surface area (TPSA) is 90.8 Å². The van der Waals surface area contributed by atoms with E-state index in [2.05, 4.69) is 15.8 Å². The summed E-state index contributed by atoms with van der Waals surface area (Å²) in [6, 6.07) is 14.1. The van der Waals surface area contributed by atoms with Crippen LogP contribution in [-0.4, -0.2) is 23.1 Å². The summed E-state index contributed by atoms with van der Waals surface area (Å²) < 4.78 is 0. The van der Waals surface area contributed by atoms with Crippen LogP contribution >= 0.6 is 0 Å². The molecule has 124 valence electrons. The number of anilines is 1. The van der Waals surface area contributed by atoms with Crippen molar-refractivity contribution in [3.8, 4) is 5.75 Å². The van der Waals surface area contributed by atoms with Gasteiger partial charge >= 0.3 is 0 Å². The minimum atomic E-state index is -0.374. The number of benzene rings is 2. The molecule has 0 aliphatic heterocycles. The van der Waals surface area contributed by atoms with Crippen molar-refractivity contribution in [2.24, 2.45) is 5.10 Å². The Morgan fingerprint density at radius 1 is 1.04 bits per heavy atom. The zero-order chi connectivity index (χ0) is 17.4. The van der Waals surface area contributed by atoms with Gasteiger partial charge in [0.05, 0.1) is 6.21 Å². The van der Waals surface area contributed by atoms with E-state index in [4.69, 9.17) is 0 Å². The normalized spacial score (nSPS) is 10.5. The minimum absolute atomic E-state index is 0.0236. The highest BCUT2D eigenvalue weighted by Crippen LogP contribution is 2.14. The third kappa shape index (κ3) is 5.24. The van der Waals surface area contributed by atoms with Gasteiger partial charge in [-0.05, 0) is 30.7 Å². The molecular formula is C18H19N3O3. The van der Waals surface area contributed by atoms with Crippen LogP contribution in [-0.2, 0) is 9.59 Å². The fraction of sp³-hybridized carbons (Fsp3) is 0.167. The second-order valence-electron chi connectivity index (χ2n) is 5.22. The van der Waals surface area contributed by atoms with Crippen molar-refractivity contribution in [1.82, 2.24) is 5.43 Å². The molecule has 0 saturated carbocycles.